The molecule has 0 fully saturated rings. The minimum Gasteiger partial charge on any atom is -0.351 e. The summed E-state index contributed by atoms with van der Waals surface area (Å²) < 4.78 is 1.57. The van der Waals surface area contributed by atoms with Gasteiger partial charge in [-0.15, -0.1) is 0 Å². The summed E-state index contributed by atoms with van der Waals surface area (Å²) >= 11 is 0. The Labute approximate surface area is 84.3 Å². The van der Waals surface area contributed by atoms with Crippen LogP contribution >= 0.6 is 0 Å². The van der Waals surface area contributed by atoms with Crippen LogP contribution in [0, 0.1) is 5.92 Å². The Morgan fingerprint density at radius 1 is 1.64 bits per heavy atom. The van der Waals surface area contributed by atoms with Crippen LogP contribution in [-0.4, -0.2) is 22.2 Å². The number of aromatic nitrogens is 2. The van der Waals surface area contributed by atoms with E-state index in [2.05, 4.69) is 24.3 Å². The Bertz CT molecular complexity index is 304. The van der Waals surface area contributed by atoms with Gasteiger partial charge in [0.25, 0.3) is 5.91 Å². The van der Waals surface area contributed by atoms with E-state index in [4.69, 9.17) is 0 Å². The molecule has 1 N–H and O–H groups in total. The molecule has 1 amide bonds. The first-order valence-electron chi connectivity index (χ1n) is 4.87. The molecule has 0 bridgehead atoms. The van der Waals surface area contributed by atoms with E-state index in [-0.39, 0.29) is 5.91 Å². The van der Waals surface area contributed by atoms with Gasteiger partial charge in [-0.1, -0.05) is 13.8 Å². The average Bonchev–Trinajstić information content (AvgIpc) is 2.50. The summed E-state index contributed by atoms with van der Waals surface area (Å²) in [7, 11) is 1.76. The van der Waals surface area contributed by atoms with Gasteiger partial charge in [0.15, 0.2) is 0 Å². The quantitative estimate of drug-likeness (QED) is 0.784. The highest BCUT2D eigenvalue weighted by Crippen LogP contribution is 1.99. The van der Waals surface area contributed by atoms with Gasteiger partial charge >= 0.3 is 0 Å². The maximum Gasteiger partial charge on any atom is 0.269 e. The Balaban J connectivity index is 2.40. The van der Waals surface area contributed by atoms with Crippen LogP contribution < -0.4 is 5.32 Å². The fraction of sp³-hybridized carbons (Fsp3) is 0.600. The van der Waals surface area contributed by atoms with Crippen LogP contribution in [0.25, 0.3) is 0 Å². The molecule has 1 heterocycles. The zero-order chi connectivity index (χ0) is 10.6. The van der Waals surface area contributed by atoms with Crippen molar-refractivity contribution >= 4 is 5.91 Å². The van der Waals surface area contributed by atoms with Crippen LogP contribution in [0.3, 0.4) is 0 Å². The van der Waals surface area contributed by atoms with Gasteiger partial charge in [-0.3, -0.25) is 9.48 Å². The molecule has 0 aliphatic carbocycles. The maximum absolute atomic E-state index is 11.5. The Morgan fingerprint density at radius 3 is 2.86 bits per heavy atom. The second kappa shape index (κ2) is 4.79. The fourth-order valence-electron chi connectivity index (χ4n) is 1.16. The molecular formula is C10H17N3O. The normalized spacial score (nSPS) is 10.6. The van der Waals surface area contributed by atoms with Gasteiger partial charge in [-0.05, 0) is 18.4 Å². The van der Waals surface area contributed by atoms with Gasteiger partial charge in [-0.2, -0.15) is 5.10 Å². The zero-order valence-corrected chi connectivity index (χ0v) is 8.95. The molecule has 0 aliphatic rings. The number of rotatable bonds is 4. The standard InChI is InChI=1S/C10H17N3O/c1-8(2)4-6-11-10(14)9-5-7-12-13(9)3/h5,7-8H,4,6H2,1-3H3,(H,11,14). The largest absolute Gasteiger partial charge is 0.351 e. The second-order valence-corrected chi connectivity index (χ2v) is 3.78. The molecule has 4 nitrogen and oxygen atoms in total. The Kier molecular flexibility index (Phi) is 3.68. The summed E-state index contributed by atoms with van der Waals surface area (Å²) in [4.78, 5) is 11.5. The van der Waals surface area contributed by atoms with E-state index in [0.29, 0.717) is 11.6 Å². The Hall–Kier alpha value is -1.32. The summed E-state index contributed by atoms with van der Waals surface area (Å²) in [5.74, 6) is 0.562. The maximum atomic E-state index is 11.5. The van der Waals surface area contributed by atoms with E-state index in [9.17, 15) is 4.79 Å². The average molecular weight is 195 g/mol. The summed E-state index contributed by atoms with van der Waals surface area (Å²) in [6, 6.07) is 1.71. The van der Waals surface area contributed by atoms with Crippen molar-refractivity contribution in [1.82, 2.24) is 15.1 Å². The third-order valence-electron chi connectivity index (χ3n) is 2.06. The topological polar surface area (TPSA) is 46.9 Å². The summed E-state index contributed by atoms with van der Waals surface area (Å²) in [6.45, 7) is 4.99. The first-order chi connectivity index (χ1) is 6.61. The summed E-state index contributed by atoms with van der Waals surface area (Å²) in [6.07, 6.45) is 2.63. The number of aryl methyl sites for hydroxylation is 1. The lowest BCUT2D eigenvalue weighted by molar-refractivity contribution is 0.0942. The minimum absolute atomic E-state index is 0.0503. The van der Waals surface area contributed by atoms with Crippen molar-refractivity contribution in [3.8, 4) is 0 Å². The van der Waals surface area contributed by atoms with Crippen LogP contribution in [0.4, 0.5) is 0 Å². The van der Waals surface area contributed by atoms with Crippen LogP contribution in [0.1, 0.15) is 30.8 Å². The molecule has 14 heavy (non-hydrogen) atoms. The van der Waals surface area contributed by atoms with Crippen LogP contribution in [-0.2, 0) is 7.05 Å². The van der Waals surface area contributed by atoms with E-state index in [1.165, 1.54) is 0 Å². The van der Waals surface area contributed by atoms with E-state index in [0.717, 1.165) is 13.0 Å². The number of amides is 1. The number of nitrogens with one attached hydrogen (secondary N) is 1. The number of carbonyl (C=O) groups excluding carboxylic acids is 1. The van der Waals surface area contributed by atoms with Gasteiger partial charge in [-0.25, -0.2) is 0 Å². The third kappa shape index (κ3) is 2.87. The van der Waals surface area contributed by atoms with Crippen LogP contribution in [0.5, 0.6) is 0 Å². The molecule has 0 aromatic carbocycles. The van der Waals surface area contributed by atoms with Crippen molar-refractivity contribution in [3.63, 3.8) is 0 Å². The lowest BCUT2D eigenvalue weighted by Crippen LogP contribution is -2.27. The number of nitrogens with zero attached hydrogens (tertiary/aromatic N) is 2. The van der Waals surface area contributed by atoms with Crippen molar-refractivity contribution in [2.75, 3.05) is 6.54 Å². The predicted octanol–water partition coefficient (Wildman–Crippen LogP) is 1.20. The van der Waals surface area contributed by atoms with Gasteiger partial charge in [0.2, 0.25) is 0 Å². The second-order valence-electron chi connectivity index (χ2n) is 3.78. The number of carbonyl (C=O) groups is 1. The monoisotopic (exact) mass is 195 g/mol. The molecule has 78 valence electrons. The van der Waals surface area contributed by atoms with Crippen molar-refractivity contribution in [1.29, 1.82) is 0 Å². The molecule has 0 aliphatic heterocycles. The van der Waals surface area contributed by atoms with Crippen molar-refractivity contribution in [3.05, 3.63) is 18.0 Å². The predicted molar refractivity (Wildman–Crippen MR) is 55.0 cm³/mol. The fourth-order valence-corrected chi connectivity index (χ4v) is 1.16. The Morgan fingerprint density at radius 2 is 2.36 bits per heavy atom. The zero-order valence-electron chi connectivity index (χ0n) is 8.95. The molecule has 4 heteroatoms. The third-order valence-corrected chi connectivity index (χ3v) is 2.06. The molecule has 0 unspecified atom stereocenters. The van der Waals surface area contributed by atoms with Gasteiger partial charge < -0.3 is 5.32 Å². The molecule has 0 saturated heterocycles. The molecule has 0 atom stereocenters. The molecular weight excluding hydrogens is 178 g/mol. The molecule has 0 spiro atoms. The van der Waals surface area contributed by atoms with E-state index >= 15 is 0 Å². The first kappa shape index (κ1) is 10.8. The number of hydrogen-bond donors (Lipinski definition) is 1. The molecule has 0 saturated carbocycles. The highest BCUT2D eigenvalue weighted by molar-refractivity contribution is 5.92. The summed E-state index contributed by atoms with van der Waals surface area (Å²) in [5, 5.41) is 6.79. The van der Waals surface area contributed by atoms with Crippen LogP contribution in [0.2, 0.25) is 0 Å². The number of hydrogen-bond acceptors (Lipinski definition) is 2. The van der Waals surface area contributed by atoms with Crippen molar-refractivity contribution < 1.29 is 4.79 Å². The van der Waals surface area contributed by atoms with Gasteiger partial charge in [0.05, 0.1) is 0 Å². The highest BCUT2D eigenvalue weighted by atomic mass is 16.2. The first-order valence-corrected chi connectivity index (χ1v) is 4.87. The molecule has 1 aromatic heterocycles. The van der Waals surface area contributed by atoms with E-state index in [1.807, 2.05) is 0 Å². The summed E-state index contributed by atoms with van der Waals surface area (Å²) in [5.41, 5.74) is 0.605. The SMILES string of the molecule is CC(C)CCNC(=O)c1ccnn1C. The van der Waals surface area contributed by atoms with Crippen molar-refractivity contribution in [2.24, 2.45) is 13.0 Å². The molecule has 0 radical (unpaired) electrons. The highest BCUT2D eigenvalue weighted by Gasteiger charge is 2.08. The minimum atomic E-state index is -0.0503. The van der Waals surface area contributed by atoms with Gasteiger partial charge in [0, 0.05) is 19.8 Å². The van der Waals surface area contributed by atoms with E-state index in [1.54, 1.807) is 24.0 Å². The lowest BCUT2D eigenvalue weighted by atomic mass is 10.1. The van der Waals surface area contributed by atoms with Crippen molar-refractivity contribution in [2.45, 2.75) is 20.3 Å². The lowest BCUT2D eigenvalue weighted by Gasteiger charge is -2.06. The molecule has 1 rings (SSSR count). The molecule has 1 aromatic rings. The van der Waals surface area contributed by atoms with Crippen LogP contribution in [0.15, 0.2) is 12.3 Å². The van der Waals surface area contributed by atoms with Gasteiger partial charge in [0.1, 0.15) is 5.69 Å². The van der Waals surface area contributed by atoms with E-state index < -0.39 is 0 Å². The smallest absolute Gasteiger partial charge is 0.269 e.